The van der Waals surface area contributed by atoms with Crippen molar-refractivity contribution < 1.29 is 13.6 Å². The van der Waals surface area contributed by atoms with E-state index in [1.54, 1.807) is 30.5 Å². The summed E-state index contributed by atoms with van der Waals surface area (Å²) >= 11 is 0. The maximum atomic E-state index is 12.9. The van der Waals surface area contributed by atoms with Crippen LogP contribution in [0.25, 0.3) is 0 Å². The van der Waals surface area contributed by atoms with Crippen LogP contribution in [0.3, 0.4) is 0 Å². The van der Waals surface area contributed by atoms with Gasteiger partial charge in [0.15, 0.2) is 0 Å². The van der Waals surface area contributed by atoms with Crippen LogP contribution >= 0.6 is 0 Å². The number of benzene rings is 1. The van der Waals surface area contributed by atoms with Gasteiger partial charge in [0.1, 0.15) is 17.3 Å². The second-order valence-electron chi connectivity index (χ2n) is 5.33. The van der Waals surface area contributed by atoms with E-state index in [0.717, 1.165) is 11.3 Å². The molecule has 0 fully saturated rings. The predicted octanol–water partition coefficient (Wildman–Crippen LogP) is 2.79. The van der Waals surface area contributed by atoms with E-state index in [9.17, 15) is 9.18 Å². The number of rotatable bonds is 7. The van der Waals surface area contributed by atoms with Crippen LogP contribution < -0.4 is 10.6 Å². The highest BCUT2D eigenvalue weighted by atomic mass is 19.1. The number of nitrogens with zero attached hydrogens (tertiary/aromatic N) is 2. The van der Waals surface area contributed by atoms with E-state index in [2.05, 4.69) is 20.6 Å². The number of carbonyl (C=O) groups is 1. The highest BCUT2D eigenvalue weighted by Gasteiger charge is 2.08. The first-order chi connectivity index (χ1) is 12.2. The van der Waals surface area contributed by atoms with Crippen molar-refractivity contribution in [3.8, 4) is 0 Å². The molecule has 0 spiro atoms. The standard InChI is InChI=1S/C18H17FN4O2/c19-14-5-3-13(4-6-14)7-9-20-17(24)16-8-10-21-18(23-16)22-12-15-2-1-11-25-15/h1-6,8,10-11H,7,9,12H2,(H,20,24)(H,21,22,23). The van der Waals surface area contributed by atoms with Crippen LogP contribution in [0.4, 0.5) is 10.3 Å². The van der Waals surface area contributed by atoms with Crippen molar-refractivity contribution in [2.45, 2.75) is 13.0 Å². The second kappa shape index (κ2) is 8.05. The minimum atomic E-state index is -0.287. The first kappa shape index (κ1) is 16.6. The Balaban J connectivity index is 1.51. The van der Waals surface area contributed by atoms with E-state index < -0.39 is 0 Å². The molecule has 3 aromatic rings. The van der Waals surface area contributed by atoms with E-state index in [1.165, 1.54) is 18.3 Å². The Morgan fingerprint density at radius 1 is 1.16 bits per heavy atom. The number of aromatic nitrogens is 2. The van der Waals surface area contributed by atoms with Crippen LogP contribution in [-0.2, 0) is 13.0 Å². The highest BCUT2D eigenvalue weighted by Crippen LogP contribution is 2.06. The van der Waals surface area contributed by atoms with Crippen molar-refractivity contribution in [3.05, 3.63) is 77.8 Å². The summed E-state index contributed by atoms with van der Waals surface area (Å²) < 4.78 is 18.1. The van der Waals surface area contributed by atoms with Gasteiger partial charge in [-0.05, 0) is 42.3 Å². The van der Waals surface area contributed by atoms with Crippen LogP contribution in [0, 0.1) is 5.82 Å². The molecule has 0 aliphatic heterocycles. The molecule has 7 heteroatoms. The molecule has 1 aromatic carbocycles. The Kier molecular flexibility index (Phi) is 5.36. The van der Waals surface area contributed by atoms with Crippen molar-refractivity contribution >= 4 is 11.9 Å². The fraction of sp³-hybridized carbons (Fsp3) is 0.167. The van der Waals surface area contributed by atoms with Gasteiger partial charge in [-0.3, -0.25) is 4.79 Å². The predicted molar refractivity (Wildman–Crippen MR) is 90.5 cm³/mol. The minimum Gasteiger partial charge on any atom is -0.467 e. The average Bonchev–Trinajstić information content (AvgIpc) is 3.15. The largest absolute Gasteiger partial charge is 0.467 e. The van der Waals surface area contributed by atoms with Gasteiger partial charge in [-0.1, -0.05) is 12.1 Å². The van der Waals surface area contributed by atoms with Gasteiger partial charge >= 0.3 is 0 Å². The van der Waals surface area contributed by atoms with E-state index >= 15 is 0 Å². The van der Waals surface area contributed by atoms with Crippen LogP contribution in [0.15, 0.2) is 59.3 Å². The van der Waals surface area contributed by atoms with Gasteiger partial charge in [0.2, 0.25) is 5.95 Å². The topological polar surface area (TPSA) is 80.0 Å². The van der Waals surface area contributed by atoms with Gasteiger partial charge in [0, 0.05) is 12.7 Å². The fourth-order valence-electron chi connectivity index (χ4n) is 2.21. The number of furan rings is 1. The number of anilines is 1. The summed E-state index contributed by atoms with van der Waals surface area (Å²) in [5.41, 5.74) is 1.22. The first-order valence-corrected chi connectivity index (χ1v) is 7.82. The lowest BCUT2D eigenvalue weighted by Crippen LogP contribution is -2.26. The summed E-state index contributed by atoms with van der Waals surface area (Å²) in [6.45, 7) is 0.867. The minimum absolute atomic E-state index is 0.274. The molecule has 0 bridgehead atoms. The van der Waals surface area contributed by atoms with Gasteiger partial charge in [-0.15, -0.1) is 0 Å². The van der Waals surface area contributed by atoms with Gasteiger partial charge in [-0.2, -0.15) is 0 Å². The number of carbonyl (C=O) groups excluding carboxylic acids is 1. The number of amides is 1. The molecule has 2 N–H and O–H groups in total. The van der Waals surface area contributed by atoms with Crippen molar-refractivity contribution in [2.75, 3.05) is 11.9 Å². The summed E-state index contributed by atoms with van der Waals surface area (Å²) in [5, 5.41) is 5.79. The van der Waals surface area contributed by atoms with Crippen LogP contribution in [0.2, 0.25) is 0 Å². The normalized spacial score (nSPS) is 10.4. The zero-order valence-electron chi connectivity index (χ0n) is 13.4. The van der Waals surface area contributed by atoms with Gasteiger partial charge in [-0.25, -0.2) is 14.4 Å². The molecule has 0 saturated carbocycles. The average molecular weight is 340 g/mol. The van der Waals surface area contributed by atoms with Gasteiger partial charge in [0.25, 0.3) is 5.91 Å². The lowest BCUT2D eigenvalue weighted by Gasteiger charge is -2.07. The molecule has 128 valence electrons. The molecule has 0 saturated heterocycles. The van der Waals surface area contributed by atoms with Crippen molar-refractivity contribution in [2.24, 2.45) is 0 Å². The highest BCUT2D eigenvalue weighted by molar-refractivity contribution is 5.92. The number of hydrogen-bond acceptors (Lipinski definition) is 5. The van der Waals surface area contributed by atoms with E-state index in [0.29, 0.717) is 25.5 Å². The smallest absolute Gasteiger partial charge is 0.270 e. The maximum absolute atomic E-state index is 12.9. The summed E-state index contributed by atoms with van der Waals surface area (Å²) in [5.74, 6) is 0.536. The lowest BCUT2D eigenvalue weighted by molar-refractivity contribution is 0.0949. The monoisotopic (exact) mass is 340 g/mol. The quantitative estimate of drug-likeness (QED) is 0.691. The van der Waals surface area contributed by atoms with Crippen LogP contribution in [0.1, 0.15) is 21.8 Å². The molecular formula is C18H17FN4O2. The third-order valence-corrected chi connectivity index (χ3v) is 3.50. The molecule has 0 aliphatic rings. The number of hydrogen-bond donors (Lipinski definition) is 2. The summed E-state index contributed by atoms with van der Waals surface area (Å²) in [7, 11) is 0. The Hall–Kier alpha value is -3.22. The van der Waals surface area contributed by atoms with Gasteiger partial charge in [0.05, 0.1) is 12.8 Å². The van der Waals surface area contributed by atoms with Crippen molar-refractivity contribution in [1.29, 1.82) is 0 Å². The molecule has 6 nitrogen and oxygen atoms in total. The Labute approximate surface area is 144 Å². The van der Waals surface area contributed by atoms with E-state index in [4.69, 9.17) is 4.42 Å². The van der Waals surface area contributed by atoms with Crippen LogP contribution in [0.5, 0.6) is 0 Å². The fourth-order valence-corrected chi connectivity index (χ4v) is 2.21. The third-order valence-electron chi connectivity index (χ3n) is 3.50. The van der Waals surface area contributed by atoms with Gasteiger partial charge < -0.3 is 15.1 Å². The Morgan fingerprint density at radius 2 is 2.00 bits per heavy atom. The zero-order valence-corrected chi connectivity index (χ0v) is 13.4. The number of halogens is 1. The molecule has 0 unspecified atom stereocenters. The van der Waals surface area contributed by atoms with E-state index in [-0.39, 0.29) is 17.4 Å². The molecule has 25 heavy (non-hydrogen) atoms. The first-order valence-electron chi connectivity index (χ1n) is 7.82. The van der Waals surface area contributed by atoms with Crippen molar-refractivity contribution in [1.82, 2.24) is 15.3 Å². The Morgan fingerprint density at radius 3 is 2.76 bits per heavy atom. The molecular weight excluding hydrogens is 323 g/mol. The van der Waals surface area contributed by atoms with E-state index in [1.807, 2.05) is 6.07 Å². The second-order valence-corrected chi connectivity index (χ2v) is 5.33. The SMILES string of the molecule is O=C(NCCc1ccc(F)cc1)c1ccnc(NCc2ccco2)n1. The summed E-state index contributed by atoms with van der Waals surface area (Å²) in [6, 6.07) is 11.4. The molecule has 2 aromatic heterocycles. The molecule has 0 radical (unpaired) electrons. The molecule has 3 rings (SSSR count). The summed E-state index contributed by atoms with van der Waals surface area (Å²) in [4.78, 5) is 20.4. The molecule has 0 aliphatic carbocycles. The summed E-state index contributed by atoms with van der Waals surface area (Å²) in [6.07, 6.45) is 3.72. The zero-order chi connectivity index (χ0) is 17.5. The molecule has 2 heterocycles. The molecule has 1 amide bonds. The van der Waals surface area contributed by atoms with Crippen molar-refractivity contribution in [3.63, 3.8) is 0 Å². The molecule has 0 atom stereocenters. The van der Waals surface area contributed by atoms with Crippen LogP contribution in [-0.4, -0.2) is 22.4 Å². The third kappa shape index (κ3) is 4.87. The maximum Gasteiger partial charge on any atom is 0.270 e. The lowest BCUT2D eigenvalue weighted by atomic mass is 10.1. The number of nitrogens with one attached hydrogen (secondary N) is 2. The Bertz CT molecular complexity index is 819.